The summed E-state index contributed by atoms with van der Waals surface area (Å²) in [5, 5.41) is 10.2. The van der Waals surface area contributed by atoms with Gasteiger partial charge in [0.1, 0.15) is 21.9 Å². The fraction of sp³-hybridized carbons (Fsp3) is 0.533. The van der Waals surface area contributed by atoms with Crippen LogP contribution in [0.25, 0.3) is 10.2 Å². The number of hydrogen-bond acceptors (Lipinski definition) is 5. The SMILES string of the molecule is Cc1c(C(=O)O)sc2ncnc(N3C(C)CCCC3C)c12. The molecule has 112 valence electrons. The second kappa shape index (κ2) is 5.26. The molecular weight excluding hydrogens is 286 g/mol. The number of carboxylic acid groups (broad SMARTS) is 1. The molecule has 2 unspecified atom stereocenters. The van der Waals surface area contributed by atoms with Gasteiger partial charge in [0.2, 0.25) is 0 Å². The van der Waals surface area contributed by atoms with Gasteiger partial charge < -0.3 is 10.0 Å². The highest BCUT2D eigenvalue weighted by Crippen LogP contribution is 2.38. The molecule has 5 nitrogen and oxygen atoms in total. The third-order valence-electron chi connectivity index (χ3n) is 4.34. The van der Waals surface area contributed by atoms with Gasteiger partial charge in [-0.3, -0.25) is 0 Å². The Morgan fingerprint density at radius 2 is 2.00 bits per heavy atom. The molecule has 0 aliphatic carbocycles. The summed E-state index contributed by atoms with van der Waals surface area (Å²) >= 11 is 1.24. The normalized spacial score (nSPS) is 22.7. The number of piperidine rings is 1. The molecule has 0 amide bonds. The van der Waals surface area contributed by atoms with Crippen molar-refractivity contribution in [1.82, 2.24) is 9.97 Å². The average molecular weight is 305 g/mol. The number of nitrogens with zero attached hydrogens (tertiary/aromatic N) is 3. The van der Waals surface area contributed by atoms with Gasteiger partial charge >= 0.3 is 5.97 Å². The summed E-state index contributed by atoms with van der Waals surface area (Å²) in [6, 6.07) is 0.832. The van der Waals surface area contributed by atoms with Crippen molar-refractivity contribution in [3.05, 3.63) is 16.8 Å². The first-order valence-electron chi connectivity index (χ1n) is 7.26. The van der Waals surface area contributed by atoms with Gasteiger partial charge in [0.25, 0.3) is 0 Å². The van der Waals surface area contributed by atoms with Gasteiger partial charge in [-0.05, 0) is 45.6 Å². The first-order valence-corrected chi connectivity index (χ1v) is 8.08. The molecule has 1 N–H and O–H groups in total. The zero-order chi connectivity index (χ0) is 15.1. The first kappa shape index (κ1) is 14.3. The average Bonchev–Trinajstić information content (AvgIpc) is 2.77. The molecule has 0 radical (unpaired) electrons. The Morgan fingerprint density at radius 1 is 1.33 bits per heavy atom. The van der Waals surface area contributed by atoms with Crippen molar-refractivity contribution in [1.29, 1.82) is 0 Å². The van der Waals surface area contributed by atoms with Crippen LogP contribution in [0.15, 0.2) is 6.33 Å². The Hall–Kier alpha value is -1.69. The number of carboxylic acids is 1. The summed E-state index contributed by atoms with van der Waals surface area (Å²) in [5.41, 5.74) is 0.781. The van der Waals surface area contributed by atoms with Crippen LogP contribution in [-0.2, 0) is 0 Å². The number of fused-ring (bicyclic) bond motifs is 1. The van der Waals surface area contributed by atoms with Crippen molar-refractivity contribution in [3.63, 3.8) is 0 Å². The summed E-state index contributed by atoms with van der Waals surface area (Å²) in [5.74, 6) is 0.00198. The smallest absolute Gasteiger partial charge is 0.346 e. The van der Waals surface area contributed by atoms with Gasteiger partial charge in [-0.1, -0.05) is 0 Å². The van der Waals surface area contributed by atoms with Crippen molar-refractivity contribution >= 4 is 33.3 Å². The molecule has 2 aromatic rings. The van der Waals surface area contributed by atoms with E-state index in [1.54, 1.807) is 6.33 Å². The topological polar surface area (TPSA) is 66.3 Å². The summed E-state index contributed by atoms with van der Waals surface area (Å²) in [6.07, 6.45) is 5.07. The predicted molar refractivity (Wildman–Crippen MR) is 84.4 cm³/mol. The Balaban J connectivity index is 2.20. The summed E-state index contributed by atoms with van der Waals surface area (Å²) < 4.78 is 0. The zero-order valence-corrected chi connectivity index (χ0v) is 13.3. The number of aromatic nitrogens is 2. The number of thiophene rings is 1. The lowest BCUT2D eigenvalue weighted by molar-refractivity contribution is 0.0701. The molecule has 1 aliphatic rings. The second-order valence-corrected chi connectivity index (χ2v) is 6.77. The lowest BCUT2D eigenvalue weighted by Gasteiger charge is -2.40. The van der Waals surface area contributed by atoms with Gasteiger partial charge in [0, 0.05) is 12.1 Å². The molecule has 1 aliphatic heterocycles. The van der Waals surface area contributed by atoms with Gasteiger partial charge in [0.15, 0.2) is 0 Å². The quantitative estimate of drug-likeness (QED) is 0.920. The van der Waals surface area contributed by atoms with Crippen LogP contribution < -0.4 is 4.90 Å². The van der Waals surface area contributed by atoms with Crippen molar-refractivity contribution < 1.29 is 9.90 Å². The van der Waals surface area contributed by atoms with E-state index in [9.17, 15) is 9.90 Å². The van der Waals surface area contributed by atoms with E-state index in [1.807, 2.05) is 6.92 Å². The number of aromatic carboxylic acids is 1. The standard InChI is InChI=1S/C15H19N3O2S/c1-8-5-4-6-9(2)18(8)13-11-10(3)12(15(19)20)21-14(11)17-7-16-13/h7-9H,4-6H2,1-3H3,(H,19,20). The Morgan fingerprint density at radius 3 is 2.62 bits per heavy atom. The third kappa shape index (κ3) is 2.27. The molecule has 1 fully saturated rings. The summed E-state index contributed by atoms with van der Waals surface area (Å²) in [7, 11) is 0. The number of carbonyl (C=O) groups is 1. The molecule has 0 saturated carbocycles. The van der Waals surface area contributed by atoms with Crippen LogP contribution in [0.3, 0.4) is 0 Å². The monoisotopic (exact) mass is 305 g/mol. The molecule has 3 rings (SSSR count). The summed E-state index contributed by atoms with van der Waals surface area (Å²) in [6.45, 7) is 6.28. The molecule has 2 aromatic heterocycles. The fourth-order valence-electron chi connectivity index (χ4n) is 3.29. The molecule has 1 saturated heterocycles. The van der Waals surface area contributed by atoms with Crippen LogP contribution in [-0.4, -0.2) is 33.1 Å². The molecule has 6 heteroatoms. The minimum atomic E-state index is -0.888. The van der Waals surface area contributed by atoms with E-state index < -0.39 is 5.97 Å². The number of hydrogen-bond donors (Lipinski definition) is 1. The maximum absolute atomic E-state index is 11.4. The highest BCUT2D eigenvalue weighted by molar-refractivity contribution is 7.20. The van der Waals surface area contributed by atoms with Gasteiger partial charge in [-0.15, -0.1) is 11.3 Å². The maximum Gasteiger partial charge on any atom is 0.346 e. The minimum absolute atomic E-state index is 0.365. The van der Waals surface area contributed by atoms with E-state index in [2.05, 4.69) is 28.7 Å². The van der Waals surface area contributed by atoms with Crippen molar-refractivity contribution in [2.75, 3.05) is 4.90 Å². The Labute approximate surface area is 127 Å². The maximum atomic E-state index is 11.4. The van der Waals surface area contributed by atoms with E-state index in [4.69, 9.17) is 0 Å². The highest BCUT2D eigenvalue weighted by Gasteiger charge is 2.29. The zero-order valence-electron chi connectivity index (χ0n) is 12.5. The van der Waals surface area contributed by atoms with Crippen molar-refractivity contribution in [3.8, 4) is 0 Å². The Bertz CT molecular complexity index is 688. The lowest BCUT2D eigenvalue weighted by atomic mass is 9.97. The van der Waals surface area contributed by atoms with Crippen LogP contribution >= 0.6 is 11.3 Å². The van der Waals surface area contributed by atoms with Crippen molar-refractivity contribution in [2.45, 2.75) is 52.1 Å². The van der Waals surface area contributed by atoms with E-state index >= 15 is 0 Å². The number of aryl methyl sites for hydroxylation is 1. The van der Waals surface area contributed by atoms with E-state index in [1.165, 1.54) is 17.8 Å². The van der Waals surface area contributed by atoms with E-state index in [-0.39, 0.29) is 0 Å². The van der Waals surface area contributed by atoms with Gasteiger partial charge in [-0.25, -0.2) is 14.8 Å². The molecule has 21 heavy (non-hydrogen) atoms. The molecular formula is C15H19N3O2S. The number of rotatable bonds is 2. The van der Waals surface area contributed by atoms with Crippen LogP contribution in [0.2, 0.25) is 0 Å². The van der Waals surface area contributed by atoms with E-state index in [0.717, 1.165) is 34.4 Å². The largest absolute Gasteiger partial charge is 0.477 e. The Kier molecular flexibility index (Phi) is 3.57. The number of anilines is 1. The van der Waals surface area contributed by atoms with E-state index in [0.29, 0.717) is 17.0 Å². The van der Waals surface area contributed by atoms with Gasteiger partial charge in [0.05, 0.1) is 5.39 Å². The minimum Gasteiger partial charge on any atom is -0.477 e. The third-order valence-corrected chi connectivity index (χ3v) is 5.53. The summed E-state index contributed by atoms with van der Waals surface area (Å²) in [4.78, 5) is 23.6. The molecule has 0 bridgehead atoms. The van der Waals surface area contributed by atoms with Crippen molar-refractivity contribution in [2.24, 2.45) is 0 Å². The van der Waals surface area contributed by atoms with Crippen LogP contribution in [0, 0.1) is 6.92 Å². The first-order chi connectivity index (χ1) is 10.0. The second-order valence-electron chi connectivity index (χ2n) is 5.77. The molecule has 0 spiro atoms. The predicted octanol–water partition coefficient (Wildman–Crippen LogP) is 3.47. The lowest BCUT2D eigenvalue weighted by Crippen LogP contribution is -2.44. The van der Waals surface area contributed by atoms with Crippen LogP contribution in [0.4, 0.5) is 5.82 Å². The molecule has 3 heterocycles. The highest BCUT2D eigenvalue weighted by atomic mass is 32.1. The van der Waals surface area contributed by atoms with Crippen LogP contribution in [0.1, 0.15) is 48.3 Å². The fourth-order valence-corrected chi connectivity index (χ4v) is 4.27. The van der Waals surface area contributed by atoms with Gasteiger partial charge in [-0.2, -0.15) is 0 Å². The molecule has 2 atom stereocenters. The molecule has 0 aromatic carbocycles. The van der Waals surface area contributed by atoms with Crippen LogP contribution in [0.5, 0.6) is 0 Å².